The van der Waals surface area contributed by atoms with E-state index in [1.807, 2.05) is 0 Å². The molecular formula is C18H13ClN2O4. The van der Waals surface area contributed by atoms with Crippen LogP contribution in [-0.2, 0) is 9.53 Å². The lowest BCUT2D eigenvalue weighted by Crippen LogP contribution is -2.22. The normalized spacial score (nSPS) is 10.4. The molecule has 1 amide bonds. The molecule has 0 unspecified atom stereocenters. The maximum absolute atomic E-state index is 12.1. The molecule has 3 aromatic rings. The minimum atomic E-state index is -0.788. The Morgan fingerprint density at radius 2 is 1.88 bits per heavy atom. The number of benzene rings is 2. The number of anilines is 1. The number of ether oxygens (including phenoxy) is 1. The third-order valence-corrected chi connectivity index (χ3v) is 3.64. The van der Waals surface area contributed by atoms with Crippen molar-refractivity contribution in [2.45, 2.75) is 0 Å². The van der Waals surface area contributed by atoms with E-state index in [4.69, 9.17) is 16.3 Å². The summed E-state index contributed by atoms with van der Waals surface area (Å²) >= 11 is 5.83. The van der Waals surface area contributed by atoms with Crippen LogP contribution in [-0.4, -0.2) is 23.5 Å². The highest BCUT2D eigenvalue weighted by atomic mass is 35.5. The number of aromatic nitrogens is 1. The zero-order chi connectivity index (χ0) is 17.8. The number of aromatic amines is 1. The fourth-order valence-corrected chi connectivity index (χ4v) is 2.47. The molecule has 0 spiro atoms. The van der Waals surface area contributed by atoms with Gasteiger partial charge in [-0.3, -0.25) is 9.59 Å². The van der Waals surface area contributed by atoms with Crippen LogP contribution in [0.2, 0.25) is 5.02 Å². The molecule has 0 aliphatic heterocycles. The summed E-state index contributed by atoms with van der Waals surface area (Å²) in [6.07, 6.45) is 0. The Bertz CT molecular complexity index is 1010. The number of hydrogen-bond acceptors (Lipinski definition) is 4. The zero-order valence-corrected chi connectivity index (χ0v) is 13.7. The second kappa shape index (κ2) is 7.19. The number of fused-ring (bicyclic) bond motifs is 1. The Kier molecular flexibility index (Phi) is 4.81. The van der Waals surface area contributed by atoms with Crippen LogP contribution in [0.5, 0.6) is 0 Å². The summed E-state index contributed by atoms with van der Waals surface area (Å²) in [6, 6.07) is 14.5. The van der Waals surface area contributed by atoms with E-state index >= 15 is 0 Å². The van der Waals surface area contributed by atoms with E-state index < -0.39 is 18.5 Å². The molecule has 0 aliphatic rings. The van der Waals surface area contributed by atoms with Crippen molar-refractivity contribution < 1.29 is 14.3 Å². The highest BCUT2D eigenvalue weighted by Gasteiger charge is 2.13. The lowest BCUT2D eigenvalue weighted by Gasteiger charge is -2.07. The Balaban J connectivity index is 1.66. The van der Waals surface area contributed by atoms with Crippen LogP contribution in [0.4, 0.5) is 5.69 Å². The number of amides is 1. The monoisotopic (exact) mass is 356 g/mol. The van der Waals surface area contributed by atoms with Gasteiger partial charge in [0.25, 0.3) is 5.91 Å². The molecule has 0 saturated carbocycles. The molecule has 3 rings (SSSR count). The first-order valence-corrected chi connectivity index (χ1v) is 7.75. The summed E-state index contributed by atoms with van der Waals surface area (Å²) in [6.45, 7) is -0.486. The smallest absolute Gasteiger partial charge is 0.355 e. The third kappa shape index (κ3) is 4.05. The Labute approximate surface area is 147 Å². The number of rotatable bonds is 4. The zero-order valence-electron chi connectivity index (χ0n) is 12.9. The molecule has 0 radical (unpaired) electrons. The second-order valence-corrected chi connectivity index (χ2v) is 5.66. The highest BCUT2D eigenvalue weighted by molar-refractivity contribution is 6.30. The van der Waals surface area contributed by atoms with Crippen molar-refractivity contribution in [3.63, 3.8) is 0 Å². The number of halogens is 1. The van der Waals surface area contributed by atoms with E-state index in [1.165, 1.54) is 0 Å². The fraction of sp³-hybridized carbons (Fsp3) is 0.0556. The van der Waals surface area contributed by atoms with Crippen molar-refractivity contribution in [2.24, 2.45) is 0 Å². The summed E-state index contributed by atoms with van der Waals surface area (Å²) in [5, 5.41) is 3.50. The molecule has 0 atom stereocenters. The van der Waals surface area contributed by atoms with Crippen molar-refractivity contribution in [2.75, 3.05) is 11.9 Å². The predicted molar refractivity (Wildman–Crippen MR) is 94.9 cm³/mol. The van der Waals surface area contributed by atoms with Gasteiger partial charge in [0.2, 0.25) is 0 Å². The van der Waals surface area contributed by atoms with E-state index in [2.05, 4.69) is 10.3 Å². The van der Waals surface area contributed by atoms with Crippen molar-refractivity contribution in [1.29, 1.82) is 0 Å². The number of hydrogen-bond donors (Lipinski definition) is 2. The van der Waals surface area contributed by atoms with Crippen LogP contribution in [0.25, 0.3) is 10.9 Å². The van der Waals surface area contributed by atoms with E-state index in [0.29, 0.717) is 21.6 Å². The summed E-state index contributed by atoms with van der Waals surface area (Å²) in [4.78, 5) is 38.7. The quantitative estimate of drug-likeness (QED) is 0.703. The van der Waals surface area contributed by atoms with E-state index in [1.54, 1.807) is 48.5 Å². The minimum Gasteiger partial charge on any atom is -0.451 e. The highest BCUT2D eigenvalue weighted by Crippen LogP contribution is 2.14. The van der Waals surface area contributed by atoms with Crippen molar-refractivity contribution in [3.8, 4) is 0 Å². The first kappa shape index (κ1) is 16.7. The molecular weight excluding hydrogens is 344 g/mol. The van der Waals surface area contributed by atoms with Gasteiger partial charge in [0.15, 0.2) is 12.0 Å². The van der Waals surface area contributed by atoms with E-state index in [9.17, 15) is 14.4 Å². The molecule has 6 nitrogen and oxygen atoms in total. The van der Waals surface area contributed by atoms with Crippen LogP contribution in [0.15, 0.2) is 59.4 Å². The first-order chi connectivity index (χ1) is 12.0. The molecule has 1 heterocycles. The number of nitrogens with one attached hydrogen (secondary N) is 2. The molecule has 7 heteroatoms. The molecule has 1 aromatic heterocycles. The Hall–Kier alpha value is -3.12. The van der Waals surface area contributed by atoms with Gasteiger partial charge in [-0.25, -0.2) is 4.79 Å². The average molecular weight is 357 g/mol. The molecule has 0 bridgehead atoms. The third-order valence-electron chi connectivity index (χ3n) is 3.40. The van der Waals surface area contributed by atoms with Gasteiger partial charge >= 0.3 is 5.97 Å². The van der Waals surface area contributed by atoms with E-state index in [-0.39, 0.29) is 11.1 Å². The molecule has 0 saturated heterocycles. The number of H-pyrrole nitrogens is 1. The molecule has 0 aliphatic carbocycles. The fourth-order valence-electron chi connectivity index (χ4n) is 2.28. The summed E-state index contributed by atoms with van der Waals surface area (Å²) < 4.78 is 4.94. The van der Waals surface area contributed by atoms with Gasteiger partial charge in [-0.1, -0.05) is 29.8 Å². The Morgan fingerprint density at radius 1 is 1.08 bits per heavy atom. The van der Waals surface area contributed by atoms with Crippen molar-refractivity contribution >= 4 is 40.1 Å². The minimum absolute atomic E-state index is 0.0146. The summed E-state index contributed by atoms with van der Waals surface area (Å²) in [5.41, 5.74) is 0.696. The number of esters is 1. The molecule has 126 valence electrons. The molecule has 2 N–H and O–H groups in total. The maximum atomic E-state index is 12.1. The summed E-state index contributed by atoms with van der Waals surface area (Å²) in [7, 11) is 0. The number of para-hydroxylation sites is 1. The lowest BCUT2D eigenvalue weighted by atomic mass is 10.2. The van der Waals surface area contributed by atoms with Crippen LogP contribution in [0.3, 0.4) is 0 Å². The topological polar surface area (TPSA) is 88.3 Å². The van der Waals surface area contributed by atoms with Gasteiger partial charge in [0, 0.05) is 27.7 Å². The van der Waals surface area contributed by atoms with Gasteiger partial charge < -0.3 is 15.0 Å². The largest absolute Gasteiger partial charge is 0.451 e. The summed E-state index contributed by atoms with van der Waals surface area (Å²) in [5.74, 6) is -1.30. The van der Waals surface area contributed by atoms with E-state index in [0.717, 1.165) is 6.07 Å². The maximum Gasteiger partial charge on any atom is 0.355 e. The Morgan fingerprint density at radius 3 is 2.68 bits per heavy atom. The van der Waals surface area contributed by atoms with Crippen LogP contribution < -0.4 is 10.7 Å². The molecule has 25 heavy (non-hydrogen) atoms. The van der Waals surface area contributed by atoms with Crippen LogP contribution in [0, 0.1) is 0 Å². The van der Waals surface area contributed by atoms with Crippen molar-refractivity contribution in [1.82, 2.24) is 4.98 Å². The van der Waals surface area contributed by atoms with Crippen LogP contribution >= 0.6 is 11.6 Å². The first-order valence-electron chi connectivity index (χ1n) is 7.37. The number of carbonyl (C=O) groups is 2. The predicted octanol–water partition coefficient (Wildman–Crippen LogP) is 2.98. The SMILES string of the molecule is O=C(COC(=O)c1cc(=O)c2ccccc2[nH]1)Nc1cccc(Cl)c1. The second-order valence-electron chi connectivity index (χ2n) is 5.23. The molecule has 2 aromatic carbocycles. The average Bonchev–Trinajstić information content (AvgIpc) is 2.59. The molecule has 0 fully saturated rings. The number of carbonyl (C=O) groups excluding carboxylic acids is 2. The van der Waals surface area contributed by atoms with Gasteiger partial charge in [-0.05, 0) is 30.3 Å². The number of pyridine rings is 1. The van der Waals surface area contributed by atoms with Crippen molar-refractivity contribution in [3.05, 3.63) is 75.5 Å². The standard InChI is InChI=1S/C18H13ClN2O4/c19-11-4-3-5-12(8-11)20-17(23)10-25-18(24)15-9-16(22)13-6-1-2-7-14(13)21-15/h1-9H,10H2,(H,20,23)(H,21,22). The van der Waals surface area contributed by atoms with Gasteiger partial charge in [0.05, 0.1) is 0 Å². The lowest BCUT2D eigenvalue weighted by molar-refractivity contribution is -0.119. The van der Waals surface area contributed by atoms with Gasteiger partial charge in [-0.15, -0.1) is 0 Å². The van der Waals surface area contributed by atoms with Gasteiger partial charge in [0.1, 0.15) is 5.69 Å². The van der Waals surface area contributed by atoms with Crippen LogP contribution in [0.1, 0.15) is 10.5 Å². The van der Waals surface area contributed by atoms with Gasteiger partial charge in [-0.2, -0.15) is 0 Å².